The fourth-order valence-corrected chi connectivity index (χ4v) is 8.60. The van der Waals surface area contributed by atoms with Crippen LogP contribution in [0.4, 0.5) is 0 Å². The number of aromatic nitrogens is 5. The fraction of sp³-hybridized carbons (Fsp3) is 0.157. The number of pyridine rings is 1. The van der Waals surface area contributed by atoms with Gasteiger partial charge in [-0.15, -0.1) is 0 Å². The quantitative estimate of drug-likeness (QED) is 0.0534. The average molecular weight is 912 g/mol. The molecular weight excluding hydrogens is 867 g/mol. The SMILES string of the molecule is O=C(N[C@@H](Cc1c[nH]c2ccccc12)C(=O)N[C@@H](Cc1c[nH]c2ccccc12)C(=O)O)c1cccc(C(=O)N[C@@H](Cc2c[nH]c3ccccc23)C(=O)N[C@@H](Cc2c[nH]c3ccccc23)C(=O)O)n1. The largest absolute Gasteiger partial charge is 0.480 e. The minimum Gasteiger partial charge on any atom is -0.480 e. The van der Waals surface area contributed by atoms with Crippen LogP contribution >= 0.6 is 0 Å². The number of nitrogens with zero attached hydrogens (tertiary/aromatic N) is 1. The molecule has 10 N–H and O–H groups in total. The lowest BCUT2D eigenvalue weighted by Gasteiger charge is -2.22. The second kappa shape index (κ2) is 19.2. The molecule has 0 aliphatic rings. The number of hydrogen-bond acceptors (Lipinski definition) is 7. The Balaban J connectivity index is 0.951. The fourth-order valence-electron chi connectivity index (χ4n) is 8.60. The molecule has 0 bridgehead atoms. The zero-order valence-electron chi connectivity index (χ0n) is 36.2. The maximum absolute atomic E-state index is 14.1. The molecule has 5 heterocycles. The summed E-state index contributed by atoms with van der Waals surface area (Å²) in [7, 11) is 0. The van der Waals surface area contributed by atoms with Crippen LogP contribution in [0.25, 0.3) is 43.6 Å². The van der Waals surface area contributed by atoms with Crippen molar-refractivity contribution in [2.45, 2.75) is 49.9 Å². The van der Waals surface area contributed by atoms with Crippen molar-refractivity contribution >= 4 is 79.2 Å². The first-order valence-electron chi connectivity index (χ1n) is 21.8. The number of benzene rings is 4. The van der Waals surface area contributed by atoms with Crippen LogP contribution in [0.15, 0.2) is 140 Å². The third kappa shape index (κ3) is 9.53. The molecule has 4 amide bonds. The molecule has 9 aromatic rings. The molecule has 0 saturated carbocycles. The van der Waals surface area contributed by atoms with Crippen molar-refractivity contribution in [3.05, 3.63) is 174 Å². The Morgan fingerprint density at radius 1 is 0.397 bits per heavy atom. The van der Waals surface area contributed by atoms with Crippen molar-refractivity contribution in [3.8, 4) is 0 Å². The summed E-state index contributed by atoms with van der Waals surface area (Å²) < 4.78 is 0. The van der Waals surface area contributed by atoms with Gasteiger partial charge in [0.1, 0.15) is 35.6 Å². The monoisotopic (exact) mass is 911 g/mol. The number of carbonyl (C=O) groups is 6. The lowest BCUT2D eigenvalue weighted by atomic mass is 10.0. The lowest BCUT2D eigenvalue weighted by molar-refractivity contribution is -0.142. The summed E-state index contributed by atoms with van der Waals surface area (Å²) in [5, 5.41) is 34.4. The molecule has 0 saturated heterocycles. The van der Waals surface area contributed by atoms with Crippen LogP contribution in [0, 0.1) is 0 Å². The second-order valence-electron chi connectivity index (χ2n) is 16.5. The predicted octanol–water partition coefficient (Wildman–Crippen LogP) is 5.31. The Morgan fingerprint density at radius 3 is 1.00 bits per heavy atom. The smallest absolute Gasteiger partial charge is 0.326 e. The van der Waals surface area contributed by atoms with Crippen LogP contribution < -0.4 is 21.3 Å². The van der Waals surface area contributed by atoms with Crippen LogP contribution in [0.5, 0.6) is 0 Å². The van der Waals surface area contributed by atoms with Gasteiger partial charge in [-0.25, -0.2) is 14.6 Å². The van der Waals surface area contributed by atoms with E-state index < -0.39 is 59.7 Å². The second-order valence-corrected chi connectivity index (χ2v) is 16.5. The van der Waals surface area contributed by atoms with E-state index in [0.717, 1.165) is 43.6 Å². The van der Waals surface area contributed by atoms with E-state index in [-0.39, 0.29) is 37.1 Å². The number of H-pyrrole nitrogens is 4. The molecule has 0 spiro atoms. The van der Waals surface area contributed by atoms with E-state index in [1.807, 2.05) is 97.1 Å². The van der Waals surface area contributed by atoms with E-state index in [4.69, 9.17) is 0 Å². The number of nitrogens with one attached hydrogen (secondary N) is 8. The van der Waals surface area contributed by atoms with Crippen molar-refractivity contribution < 1.29 is 39.0 Å². The lowest BCUT2D eigenvalue weighted by Crippen LogP contribution is -2.53. The van der Waals surface area contributed by atoms with Gasteiger partial charge in [0, 0.05) is 94.1 Å². The van der Waals surface area contributed by atoms with Gasteiger partial charge in [-0.3, -0.25) is 19.2 Å². The van der Waals surface area contributed by atoms with Crippen molar-refractivity contribution in [2.24, 2.45) is 0 Å². The molecule has 0 aliphatic heterocycles. The van der Waals surface area contributed by atoms with E-state index in [2.05, 4.69) is 46.2 Å². The molecule has 4 aromatic carbocycles. The van der Waals surface area contributed by atoms with Gasteiger partial charge in [-0.2, -0.15) is 0 Å². The summed E-state index contributed by atoms with van der Waals surface area (Å²) in [4.78, 5) is 98.5. The van der Waals surface area contributed by atoms with E-state index in [0.29, 0.717) is 22.3 Å². The zero-order chi connectivity index (χ0) is 47.3. The molecule has 0 unspecified atom stereocenters. The van der Waals surface area contributed by atoms with Crippen LogP contribution in [-0.2, 0) is 44.9 Å². The molecule has 0 fully saturated rings. The number of para-hydroxylation sites is 4. The van der Waals surface area contributed by atoms with Gasteiger partial charge in [0.2, 0.25) is 11.8 Å². The highest BCUT2D eigenvalue weighted by atomic mass is 16.4. The molecule has 17 nitrogen and oxygen atoms in total. The number of aromatic amines is 4. The summed E-state index contributed by atoms with van der Waals surface area (Å²) in [5.41, 5.74) is 5.42. The normalized spacial score (nSPS) is 13.2. The summed E-state index contributed by atoms with van der Waals surface area (Å²) in [6, 6.07) is 28.4. The number of hydrogen-bond donors (Lipinski definition) is 10. The molecule has 0 radical (unpaired) electrons. The molecule has 5 aromatic heterocycles. The van der Waals surface area contributed by atoms with Crippen molar-refractivity contribution in [1.29, 1.82) is 0 Å². The van der Waals surface area contributed by atoms with Gasteiger partial charge < -0.3 is 51.4 Å². The summed E-state index contributed by atoms with van der Waals surface area (Å²) in [6.07, 6.45) is 6.66. The summed E-state index contributed by atoms with van der Waals surface area (Å²) in [5.74, 6) is -5.74. The highest BCUT2D eigenvalue weighted by Crippen LogP contribution is 2.24. The van der Waals surface area contributed by atoms with Gasteiger partial charge in [-0.1, -0.05) is 78.9 Å². The van der Waals surface area contributed by atoms with Crippen molar-refractivity contribution in [1.82, 2.24) is 46.2 Å². The molecule has 9 rings (SSSR count). The van der Waals surface area contributed by atoms with Gasteiger partial charge in [0.25, 0.3) is 11.8 Å². The number of fused-ring (bicyclic) bond motifs is 4. The van der Waals surface area contributed by atoms with Crippen LogP contribution in [0.2, 0.25) is 0 Å². The standard InChI is InChI=1S/C51H45N9O8/c61-46(57-42(20-28-24-52-36-14-5-1-10-32(28)36)48(63)59-44(50(65)66)22-30-26-54-38-16-7-3-12-34(30)38)40-18-9-19-41(56-40)47(62)58-43(21-29-25-53-37-15-6-2-11-33(29)37)49(64)60-45(51(67)68)23-31-27-55-39-17-8-4-13-35(31)39/h1-19,24-27,42-45,52-55H,20-23H2,(H,57,61)(H,58,62)(H,59,63)(H,60,64)(H,65,66)(H,67,68)/t42-,43-,44-,45-/m0/s1. The van der Waals surface area contributed by atoms with E-state index in [9.17, 15) is 39.0 Å². The predicted molar refractivity (Wildman–Crippen MR) is 254 cm³/mol. The van der Waals surface area contributed by atoms with E-state index in [1.165, 1.54) is 18.2 Å². The van der Waals surface area contributed by atoms with Crippen molar-refractivity contribution in [3.63, 3.8) is 0 Å². The Labute approximate surface area is 386 Å². The number of carboxylic acids is 2. The minimum atomic E-state index is -1.36. The number of carboxylic acid groups (broad SMARTS) is 2. The molecule has 342 valence electrons. The van der Waals surface area contributed by atoms with Gasteiger partial charge in [-0.05, 0) is 58.7 Å². The van der Waals surface area contributed by atoms with Crippen LogP contribution in [0.1, 0.15) is 43.2 Å². The van der Waals surface area contributed by atoms with Gasteiger partial charge in [0.15, 0.2) is 0 Å². The van der Waals surface area contributed by atoms with Crippen LogP contribution in [-0.4, -0.2) is 94.9 Å². The highest BCUT2D eigenvalue weighted by Gasteiger charge is 2.31. The number of carbonyl (C=O) groups excluding carboxylic acids is 4. The third-order valence-electron chi connectivity index (χ3n) is 12.1. The van der Waals surface area contributed by atoms with E-state index in [1.54, 1.807) is 24.8 Å². The number of amides is 4. The molecule has 68 heavy (non-hydrogen) atoms. The zero-order valence-corrected chi connectivity index (χ0v) is 36.2. The number of aliphatic carboxylic acids is 2. The first kappa shape index (κ1) is 44.2. The van der Waals surface area contributed by atoms with Crippen molar-refractivity contribution in [2.75, 3.05) is 0 Å². The maximum atomic E-state index is 14.1. The Morgan fingerprint density at radius 2 is 0.691 bits per heavy atom. The van der Waals surface area contributed by atoms with Crippen LogP contribution in [0.3, 0.4) is 0 Å². The Bertz CT molecular complexity index is 3150. The highest BCUT2D eigenvalue weighted by molar-refractivity contribution is 6.01. The summed E-state index contributed by atoms with van der Waals surface area (Å²) in [6.45, 7) is 0. The first-order chi connectivity index (χ1) is 33.0. The Hall–Kier alpha value is -8.99. The van der Waals surface area contributed by atoms with Gasteiger partial charge >= 0.3 is 11.9 Å². The topological polar surface area (TPSA) is 267 Å². The summed E-state index contributed by atoms with van der Waals surface area (Å²) >= 11 is 0. The number of rotatable bonds is 18. The van der Waals surface area contributed by atoms with Gasteiger partial charge in [0.05, 0.1) is 0 Å². The molecule has 0 aliphatic carbocycles. The molecule has 4 atom stereocenters. The first-order valence-corrected chi connectivity index (χ1v) is 21.8. The molecule has 17 heteroatoms. The average Bonchev–Trinajstić information content (AvgIpc) is 4.16. The third-order valence-corrected chi connectivity index (χ3v) is 12.1. The molecular formula is C51H45N9O8. The maximum Gasteiger partial charge on any atom is 0.326 e. The Kier molecular flexibility index (Phi) is 12.5. The van der Waals surface area contributed by atoms with E-state index >= 15 is 0 Å². The minimum absolute atomic E-state index is 0.0382.